The average Bonchev–Trinajstić information content (AvgIpc) is 3.48. The van der Waals surface area contributed by atoms with E-state index in [0.717, 1.165) is 44.3 Å². The largest absolute Gasteiger partial charge is 1.00 e. The van der Waals surface area contributed by atoms with Gasteiger partial charge in [-0.25, -0.2) is 0 Å². The minimum absolute atomic E-state index is 0. The van der Waals surface area contributed by atoms with Crippen LogP contribution < -0.4 is 15.7 Å². The molecule has 1 rings (SSSR count). The monoisotopic (exact) mass is 746 g/mol. The number of thioether (sulfide) groups is 1. The van der Waals surface area contributed by atoms with Crippen molar-refractivity contribution in [3.05, 3.63) is 0 Å². The minimum atomic E-state index is -1.23. The fraction of sp³-hybridized carbons (Fsp3) is 0.900. The highest BCUT2D eigenvalue weighted by atomic mass is 32.2. The Hall–Kier alpha value is -1.26. The maximum absolute atomic E-state index is 11.8. The molecular formula is C40H77N2O6S2-. The number of carboxylic acids is 1. The maximum Gasteiger partial charge on any atom is 1.00 e. The first-order valence-corrected chi connectivity index (χ1v) is 22.0. The van der Waals surface area contributed by atoms with Crippen LogP contribution in [-0.2, 0) is 19.2 Å². The molecule has 0 aromatic carbocycles. The average molecular weight is 746 g/mol. The zero-order chi connectivity index (χ0) is 36.2. The summed E-state index contributed by atoms with van der Waals surface area (Å²) in [6, 6.07) is -1.13. The van der Waals surface area contributed by atoms with E-state index in [4.69, 9.17) is 0 Å². The number of nitrogens with one attached hydrogen (secondary N) is 2. The van der Waals surface area contributed by atoms with Gasteiger partial charge in [0.15, 0.2) is 0 Å². The van der Waals surface area contributed by atoms with Crippen molar-refractivity contribution in [3.8, 4) is 0 Å². The molecule has 1 heterocycles. The van der Waals surface area contributed by atoms with Crippen molar-refractivity contribution in [1.29, 1.82) is 0 Å². The number of hydrogen-bond acceptors (Lipinski definition) is 8. The van der Waals surface area contributed by atoms with E-state index in [0.29, 0.717) is 25.0 Å². The SMILES string of the molecule is CCCCCCCCCCCCCCCC(=O)NC(CCS)C(=O)[O-].CCCCCCCCCCCCCCCC(=O)NC1CCSC1=O.[H+].[OH-]. The van der Waals surface area contributed by atoms with E-state index in [1.165, 1.54) is 147 Å². The number of carbonyl (C=O) groups excluding carboxylic acids is 4. The number of hydrogen-bond donors (Lipinski definition) is 3. The summed E-state index contributed by atoms with van der Waals surface area (Å²) in [5.41, 5.74) is 0. The van der Waals surface area contributed by atoms with Gasteiger partial charge >= 0.3 is 1.43 Å². The lowest BCUT2D eigenvalue weighted by molar-refractivity contribution is -0.308. The lowest BCUT2D eigenvalue weighted by Gasteiger charge is -2.18. The Morgan fingerprint density at radius 2 is 1.04 bits per heavy atom. The van der Waals surface area contributed by atoms with E-state index in [-0.39, 0.29) is 29.9 Å². The van der Waals surface area contributed by atoms with Crippen molar-refractivity contribution < 1.29 is 31.2 Å². The zero-order valence-electron chi connectivity index (χ0n) is 33.1. The van der Waals surface area contributed by atoms with Crippen LogP contribution in [0.1, 0.15) is 208 Å². The third-order valence-corrected chi connectivity index (χ3v) is 10.6. The van der Waals surface area contributed by atoms with Crippen molar-refractivity contribution in [2.45, 2.75) is 219 Å². The molecule has 0 saturated carbocycles. The predicted octanol–water partition coefficient (Wildman–Crippen LogP) is 9.57. The number of aliphatic carboxylic acids is 1. The molecule has 1 fully saturated rings. The topological polar surface area (TPSA) is 145 Å². The third kappa shape index (κ3) is 33.9. The van der Waals surface area contributed by atoms with Gasteiger partial charge in [-0.05, 0) is 31.4 Å². The van der Waals surface area contributed by atoms with Gasteiger partial charge in [-0.1, -0.05) is 180 Å². The number of carbonyl (C=O) groups is 4. The van der Waals surface area contributed by atoms with Crippen molar-refractivity contribution in [2.75, 3.05) is 11.5 Å². The van der Waals surface area contributed by atoms with Crippen LogP contribution in [0.5, 0.6) is 0 Å². The first-order valence-electron chi connectivity index (χ1n) is 20.4. The highest BCUT2D eigenvalue weighted by molar-refractivity contribution is 8.14. The molecule has 0 aliphatic carbocycles. The van der Waals surface area contributed by atoms with Crippen molar-refractivity contribution in [1.82, 2.24) is 10.6 Å². The van der Waals surface area contributed by atoms with Crippen LogP contribution in [0.2, 0.25) is 0 Å². The van der Waals surface area contributed by atoms with Crippen LogP contribution in [0.4, 0.5) is 0 Å². The Labute approximate surface area is 318 Å². The molecule has 0 spiro atoms. The molecule has 0 aromatic heterocycles. The minimum Gasteiger partial charge on any atom is -0.870 e. The van der Waals surface area contributed by atoms with Crippen LogP contribution in [-0.4, -0.2) is 52.0 Å². The fourth-order valence-electron chi connectivity index (χ4n) is 6.14. The van der Waals surface area contributed by atoms with E-state index >= 15 is 0 Å². The lowest BCUT2D eigenvalue weighted by atomic mass is 10.0. The number of amides is 2. The smallest absolute Gasteiger partial charge is 0.870 e. The van der Waals surface area contributed by atoms with E-state index in [1.807, 2.05) is 0 Å². The molecular weight excluding hydrogens is 669 g/mol. The Bertz CT molecular complexity index is 824. The molecule has 8 nitrogen and oxygen atoms in total. The van der Waals surface area contributed by atoms with Gasteiger partial charge in [0.2, 0.25) is 16.9 Å². The molecule has 1 aliphatic rings. The van der Waals surface area contributed by atoms with Crippen LogP contribution in [0.25, 0.3) is 0 Å². The molecule has 2 atom stereocenters. The van der Waals surface area contributed by atoms with Gasteiger partial charge in [0.1, 0.15) is 0 Å². The summed E-state index contributed by atoms with van der Waals surface area (Å²) < 4.78 is 0. The van der Waals surface area contributed by atoms with Gasteiger partial charge in [-0.2, -0.15) is 12.6 Å². The summed E-state index contributed by atoms with van der Waals surface area (Å²) in [7, 11) is 0. The summed E-state index contributed by atoms with van der Waals surface area (Å²) in [5.74, 6) is -0.106. The standard InChI is InChI=1S/C20H39NO3S.C20H37NO2S.H2O/c1-2-3-4-5-6-7-8-9-10-11-12-13-14-15-19(22)21-18(16-17-25)20(23)24;1-2-3-4-5-6-7-8-9-10-11-12-13-14-15-19(22)21-18-16-17-24-20(18)23;/h18,25H,2-17H2,1H3,(H,21,22)(H,23,24);18H,2-17H2,1H3,(H,21,22);1H2/p-1. The molecule has 296 valence electrons. The van der Waals surface area contributed by atoms with E-state index in [9.17, 15) is 24.3 Å². The van der Waals surface area contributed by atoms with Crippen molar-refractivity contribution in [3.63, 3.8) is 0 Å². The molecule has 10 heteroatoms. The Kier molecular flexibility index (Phi) is 39.6. The first kappa shape index (κ1) is 50.8. The summed E-state index contributed by atoms with van der Waals surface area (Å²) in [6.45, 7) is 4.52. The van der Waals surface area contributed by atoms with Gasteiger partial charge in [-0.15, -0.1) is 0 Å². The quantitative estimate of drug-likeness (QED) is 0.0448. The lowest BCUT2D eigenvalue weighted by Crippen LogP contribution is -2.48. The van der Waals surface area contributed by atoms with Crippen LogP contribution >= 0.6 is 24.4 Å². The van der Waals surface area contributed by atoms with Gasteiger partial charge in [-0.3, -0.25) is 14.4 Å². The van der Waals surface area contributed by atoms with Gasteiger partial charge < -0.3 is 26.0 Å². The molecule has 0 bridgehead atoms. The summed E-state index contributed by atoms with van der Waals surface area (Å²) in [4.78, 5) is 45.8. The maximum atomic E-state index is 11.8. The Balaban J connectivity index is -0.000000870. The van der Waals surface area contributed by atoms with Gasteiger partial charge in [0, 0.05) is 18.6 Å². The second kappa shape index (κ2) is 39.0. The van der Waals surface area contributed by atoms with Crippen LogP contribution in [0.3, 0.4) is 0 Å². The predicted molar refractivity (Wildman–Crippen MR) is 213 cm³/mol. The molecule has 2 unspecified atom stereocenters. The summed E-state index contributed by atoms with van der Waals surface area (Å²) in [5, 5.41) is 16.4. The highest BCUT2D eigenvalue weighted by Gasteiger charge is 2.26. The molecule has 3 N–H and O–H groups in total. The zero-order valence-corrected chi connectivity index (χ0v) is 33.8. The van der Waals surface area contributed by atoms with Crippen molar-refractivity contribution in [2.24, 2.45) is 0 Å². The van der Waals surface area contributed by atoms with E-state index < -0.39 is 12.0 Å². The Morgan fingerprint density at radius 1 is 0.680 bits per heavy atom. The molecule has 1 aliphatic heterocycles. The number of unbranched alkanes of at least 4 members (excludes halogenated alkanes) is 24. The van der Waals surface area contributed by atoms with E-state index in [1.54, 1.807) is 0 Å². The van der Waals surface area contributed by atoms with E-state index in [2.05, 4.69) is 37.1 Å². The molecule has 0 aromatic rings. The van der Waals surface area contributed by atoms with Crippen LogP contribution in [0.15, 0.2) is 0 Å². The normalized spacial score (nSPS) is 14.4. The molecule has 1 saturated heterocycles. The van der Waals surface area contributed by atoms with Gasteiger partial charge in [0.25, 0.3) is 0 Å². The van der Waals surface area contributed by atoms with Crippen LogP contribution in [0, 0.1) is 0 Å². The van der Waals surface area contributed by atoms with Crippen molar-refractivity contribution >= 4 is 47.3 Å². The second-order valence-electron chi connectivity index (χ2n) is 14.0. The second-order valence-corrected chi connectivity index (χ2v) is 15.6. The highest BCUT2D eigenvalue weighted by Crippen LogP contribution is 2.20. The number of carboxylic acid groups (broad SMARTS) is 1. The summed E-state index contributed by atoms with van der Waals surface area (Å²) >= 11 is 5.33. The van der Waals surface area contributed by atoms with Gasteiger partial charge in [0.05, 0.1) is 18.1 Å². The third-order valence-electron chi connectivity index (χ3n) is 9.32. The first-order chi connectivity index (χ1) is 23.8. The molecule has 50 heavy (non-hydrogen) atoms. The number of rotatable bonds is 33. The molecule has 2 amide bonds. The summed E-state index contributed by atoms with van der Waals surface area (Å²) in [6.07, 6.45) is 35.6. The Morgan fingerprint density at radius 3 is 1.36 bits per heavy atom. The number of thiol groups is 1. The fourth-order valence-corrected chi connectivity index (χ4v) is 7.34. The molecule has 0 radical (unpaired) electrons.